The molecule has 0 atom stereocenters. The Kier molecular flexibility index (Phi) is 4.95. The molecule has 2 rings (SSSR count). The zero-order chi connectivity index (χ0) is 15.4. The maximum absolute atomic E-state index is 12.1. The number of nitrogens with one attached hydrogen (secondary N) is 1. The lowest BCUT2D eigenvalue weighted by Crippen LogP contribution is -2.12. The van der Waals surface area contributed by atoms with Crippen LogP contribution in [0.25, 0.3) is 6.08 Å². The normalized spacial score (nSPS) is 10.8. The fraction of sp³-hybridized carbons (Fsp3) is 0. The van der Waals surface area contributed by atoms with Gasteiger partial charge in [-0.25, -0.2) is 9.78 Å². The van der Waals surface area contributed by atoms with Gasteiger partial charge in [0.05, 0.1) is 10.6 Å². The molecule has 0 aliphatic rings. The average molecular weight is 343 g/mol. The van der Waals surface area contributed by atoms with E-state index in [1.54, 1.807) is 6.07 Å². The summed E-state index contributed by atoms with van der Waals surface area (Å²) in [6, 6.07) is 4.57. The van der Waals surface area contributed by atoms with Gasteiger partial charge < -0.3 is 5.11 Å². The lowest BCUT2D eigenvalue weighted by Gasteiger charge is -2.04. The predicted molar refractivity (Wildman–Crippen MR) is 83.2 cm³/mol. The quantitative estimate of drug-likeness (QED) is 0.828. The summed E-state index contributed by atoms with van der Waals surface area (Å²) in [5.74, 6) is -1.50. The average Bonchev–Trinajstić information content (AvgIpc) is 2.86. The number of anilines is 1. The summed E-state index contributed by atoms with van der Waals surface area (Å²) < 4.78 is 0. The summed E-state index contributed by atoms with van der Waals surface area (Å²) in [5, 5.41) is 12.1. The van der Waals surface area contributed by atoms with E-state index in [2.05, 4.69) is 10.3 Å². The van der Waals surface area contributed by atoms with E-state index >= 15 is 0 Å². The number of rotatable bonds is 4. The van der Waals surface area contributed by atoms with Crippen LogP contribution in [0.15, 0.2) is 30.5 Å². The molecule has 21 heavy (non-hydrogen) atoms. The number of carboxylic acid groups (broad SMARTS) is 1. The molecule has 0 bridgehead atoms. The second-order valence-corrected chi connectivity index (χ2v) is 5.72. The molecule has 0 fully saturated rings. The zero-order valence-electron chi connectivity index (χ0n) is 10.3. The molecule has 1 aromatic carbocycles. The number of nitrogens with zero attached hydrogens (tertiary/aromatic N) is 1. The number of carbonyl (C=O) groups is 2. The molecule has 2 N–H and O–H groups in total. The molecule has 0 aliphatic heterocycles. The van der Waals surface area contributed by atoms with Crippen molar-refractivity contribution in [3.63, 3.8) is 0 Å². The van der Waals surface area contributed by atoms with E-state index in [-0.39, 0.29) is 10.6 Å². The van der Waals surface area contributed by atoms with Gasteiger partial charge in [-0.3, -0.25) is 10.1 Å². The summed E-state index contributed by atoms with van der Waals surface area (Å²) >= 11 is 12.9. The van der Waals surface area contributed by atoms with Crippen LogP contribution in [0.4, 0.5) is 5.13 Å². The number of aromatic nitrogens is 1. The minimum Gasteiger partial charge on any atom is -0.478 e. The van der Waals surface area contributed by atoms with Gasteiger partial charge in [0.15, 0.2) is 5.13 Å². The molecular formula is C13H8Cl2N2O3S. The van der Waals surface area contributed by atoms with Crippen LogP contribution in [0.5, 0.6) is 0 Å². The smallest absolute Gasteiger partial charge is 0.328 e. The van der Waals surface area contributed by atoms with Crippen molar-refractivity contribution in [3.05, 3.63) is 51.0 Å². The van der Waals surface area contributed by atoms with Crippen LogP contribution in [-0.4, -0.2) is 22.0 Å². The highest BCUT2D eigenvalue weighted by Crippen LogP contribution is 2.24. The van der Waals surface area contributed by atoms with Crippen LogP contribution >= 0.6 is 34.5 Å². The Labute approximate surface area is 133 Å². The predicted octanol–water partition coefficient (Wildman–Crippen LogP) is 3.80. The van der Waals surface area contributed by atoms with Gasteiger partial charge in [0.1, 0.15) is 0 Å². The molecule has 2 aromatic rings. The number of aliphatic carboxylic acids is 1. The Morgan fingerprint density at radius 2 is 2.10 bits per heavy atom. The highest BCUT2D eigenvalue weighted by molar-refractivity contribution is 7.16. The number of amides is 1. The third kappa shape index (κ3) is 4.29. The fourth-order valence-electron chi connectivity index (χ4n) is 1.41. The molecule has 0 saturated carbocycles. The van der Waals surface area contributed by atoms with Crippen LogP contribution < -0.4 is 5.32 Å². The molecule has 108 valence electrons. The van der Waals surface area contributed by atoms with Crippen molar-refractivity contribution in [1.82, 2.24) is 4.98 Å². The minimum atomic E-state index is -1.06. The molecular weight excluding hydrogens is 335 g/mol. The summed E-state index contributed by atoms with van der Waals surface area (Å²) in [7, 11) is 0. The van der Waals surface area contributed by atoms with Crippen LogP contribution in [0.3, 0.4) is 0 Å². The maximum Gasteiger partial charge on any atom is 0.328 e. The van der Waals surface area contributed by atoms with Crippen molar-refractivity contribution in [2.45, 2.75) is 0 Å². The maximum atomic E-state index is 12.1. The van der Waals surface area contributed by atoms with E-state index in [4.69, 9.17) is 28.3 Å². The molecule has 0 unspecified atom stereocenters. The van der Waals surface area contributed by atoms with Gasteiger partial charge in [-0.05, 0) is 24.3 Å². The van der Waals surface area contributed by atoms with Gasteiger partial charge in [0, 0.05) is 22.2 Å². The van der Waals surface area contributed by atoms with Crippen molar-refractivity contribution < 1.29 is 14.7 Å². The Morgan fingerprint density at radius 1 is 1.33 bits per heavy atom. The zero-order valence-corrected chi connectivity index (χ0v) is 12.7. The lowest BCUT2D eigenvalue weighted by molar-refractivity contribution is -0.131. The first-order valence-electron chi connectivity index (χ1n) is 5.59. The van der Waals surface area contributed by atoms with E-state index in [1.165, 1.54) is 24.4 Å². The largest absolute Gasteiger partial charge is 0.478 e. The second kappa shape index (κ2) is 6.71. The summed E-state index contributed by atoms with van der Waals surface area (Å²) in [5.41, 5.74) is 0.238. The van der Waals surface area contributed by atoms with Gasteiger partial charge in [0.2, 0.25) is 0 Å². The fourth-order valence-corrected chi connectivity index (χ4v) is 2.50. The Bertz CT molecular complexity index is 728. The summed E-state index contributed by atoms with van der Waals surface area (Å²) in [6.45, 7) is 0. The second-order valence-electron chi connectivity index (χ2n) is 3.82. The molecule has 1 amide bonds. The van der Waals surface area contributed by atoms with Crippen LogP contribution in [0.1, 0.15) is 15.2 Å². The third-order valence-electron chi connectivity index (χ3n) is 2.31. The topological polar surface area (TPSA) is 79.3 Å². The lowest BCUT2D eigenvalue weighted by atomic mass is 10.2. The summed E-state index contributed by atoms with van der Waals surface area (Å²) in [6.07, 6.45) is 3.84. The Hall–Kier alpha value is -1.89. The molecule has 1 aromatic heterocycles. The van der Waals surface area contributed by atoms with Gasteiger partial charge in [-0.2, -0.15) is 0 Å². The molecule has 5 nitrogen and oxygen atoms in total. The molecule has 0 aliphatic carbocycles. The first-order chi connectivity index (χ1) is 9.95. The molecule has 0 spiro atoms. The van der Waals surface area contributed by atoms with Gasteiger partial charge >= 0.3 is 5.97 Å². The monoisotopic (exact) mass is 342 g/mol. The van der Waals surface area contributed by atoms with E-state index in [1.807, 2.05) is 0 Å². The van der Waals surface area contributed by atoms with Crippen molar-refractivity contribution in [2.75, 3.05) is 5.32 Å². The number of carboxylic acids is 1. The minimum absolute atomic E-state index is 0.238. The van der Waals surface area contributed by atoms with E-state index in [9.17, 15) is 9.59 Å². The number of hydrogen-bond acceptors (Lipinski definition) is 4. The number of benzene rings is 1. The number of carbonyl (C=O) groups excluding carboxylic acids is 1. The van der Waals surface area contributed by atoms with Crippen molar-refractivity contribution in [3.8, 4) is 0 Å². The van der Waals surface area contributed by atoms with Crippen molar-refractivity contribution in [2.24, 2.45) is 0 Å². The number of hydrogen-bond donors (Lipinski definition) is 2. The Morgan fingerprint density at radius 3 is 2.81 bits per heavy atom. The first kappa shape index (κ1) is 15.5. The van der Waals surface area contributed by atoms with Crippen molar-refractivity contribution >= 4 is 57.6 Å². The van der Waals surface area contributed by atoms with E-state index in [0.29, 0.717) is 15.0 Å². The number of halogens is 2. The van der Waals surface area contributed by atoms with Gasteiger partial charge in [-0.15, -0.1) is 0 Å². The SMILES string of the molecule is O=C(O)C=Cc1cnc(NC(=O)c2cc(Cl)ccc2Cl)s1. The standard InChI is InChI=1S/C13H8Cl2N2O3S/c14-7-1-3-10(15)9(5-7)12(20)17-13-16-6-8(21-13)2-4-11(18)19/h1-6H,(H,18,19)(H,16,17,20). The third-order valence-corrected chi connectivity index (χ3v) is 3.75. The van der Waals surface area contributed by atoms with Crippen molar-refractivity contribution in [1.29, 1.82) is 0 Å². The van der Waals surface area contributed by atoms with E-state index < -0.39 is 11.9 Å². The molecule has 0 radical (unpaired) electrons. The van der Waals surface area contributed by atoms with E-state index in [0.717, 1.165) is 17.4 Å². The highest BCUT2D eigenvalue weighted by Gasteiger charge is 2.13. The Balaban J connectivity index is 2.13. The summed E-state index contributed by atoms with van der Waals surface area (Å²) in [4.78, 5) is 27.1. The molecule has 0 saturated heterocycles. The van der Waals surface area contributed by atoms with Crippen LogP contribution in [-0.2, 0) is 4.79 Å². The highest BCUT2D eigenvalue weighted by atomic mass is 35.5. The molecule has 1 heterocycles. The van der Waals surface area contributed by atoms with Crippen LogP contribution in [0.2, 0.25) is 10.0 Å². The van der Waals surface area contributed by atoms with Gasteiger partial charge in [-0.1, -0.05) is 34.5 Å². The number of thiazole rings is 1. The first-order valence-corrected chi connectivity index (χ1v) is 7.16. The molecule has 8 heteroatoms. The van der Waals surface area contributed by atoms with Crippen LogP contribution in [0, 0.1) is 0 Å². The van der Waals surface area contributed by atoms with Gasteiger partial charge in [0.25, 0.3) is 5.91 Å².